The number of likely N-dealkylation sites (tertiary alicyclic amines) is 1. The fraction of sp³-hybridized carbons (Fsp3) is 0.348. The second-order valence-corrected chi connectivity index (χ2v) is 9.61. The fourth-order valence-corrected chi connectivity index (χ4v) is 4.87. The molecule has 1 unspecified atom stereocenters. The lowest BCUT2D eigenvalue weighted by molar-refractivity contribution is 0.162. The Morgan fingerprint density at radius 1 is 1.17 bits per heavy atom. The van der Waals surface area contributed by atoms with Crippen LogP contribution in [0.1, 0.15) is 24.8 Å². The highest BCUT2D eigenvalue weighted by Gasteiger charge is 2.27. The number of anilines is 1. The highest BCUT2D eigenvalue weighted by Crippen LogP contribution is 2.23. The van der Waals surface area contributed by atoms with Gasteiger partial charge in [0.1, 0.15) is 0 Å². The van der Waals surface area contributed by atoms with Gasteiger partial charge in [-0.2, -0.15) is 4.31 Å². The molecule has 2 aromatic carbocycles. The number of nitrogens with zero attached hydrogens (tertiary/aromatic N) is 2. The van der Waals surface area contributed by atoms with Gasteiger partial charge in [0.2, 0.25) is 10.0 Å². The highest BCUT2D eigenvalue weighted by molar-refractivity contribution is 7.89. The summed E-state index contributed by atoms with van der Waals surface area (Å²) in [6.45, 7) is 4.53. The lowest BCUT2D eigenvalue weighted by atomic mass is 9.96. The molecule has 0 spiro atoms. The third-order valence-electron chi connectivity index (χ3n) is 5.40. The van der Waals surface area contributed by atoms with Crippen LogP contribution in [-0.2, 0) is 16.4 Å². The maximum Gasteiger partial charge on any atom is 0.322 e. The van der Waals surface area contributed by atoms with E-state index in [9.17, 15) is 13.2 Å². The van der Waals surface area contributed by atoms with Gasteiger partial charge in [0.25, 0.3) is 0 Å². The normalized spacial score (nSPS) is 17.0. The summed E-state index contributed by atoms with van der Waals surface area (Å²) in [6.07, 6.45) is 5.46. The second kappa shape index (κ2) is 9.91. The minimum Gasteiger partial charge on any atom is -0.321 e. The summed E-state index contributed by atoms with van der Waals surface area (Å²) in [4.78, 5) is 15.0. The average molecular weight is 428 g/mol. The van der Waals surface area contributed by atoms with E-state index in [1.807, 2.05) is 23.1 Å². The summed E-state index contributed by atoms with van der Waals surface area (Å²) in [5.41, 5.74) is 1.80. The van der Waals surface area contributed by atoms with Gasteiger partial charge in [0.15, 0.2) is 0 Å². The summed E-state index contributed by atoms with van der Waals surface area (Å²) in [6, 6.07) is 16.5. The zero-order valence-corrected chi connectivity index (χ0v) is 18.1. The summed E-state index contributed by atoms with van der Waals surface area (Å²) in [7, 11) is -2.06. The molecule has 0 aromatic heterocycles. The predicted octanol–water partition coefficient (Wildman–Crippen LogP) is 4.12. The Bertz CT molecular complexity index is 959. The Balaban J connectivity index is 1.67. The van der Waals surface area contributed by atoms with Crippen LogP contribution in [0.25, 0.3) is 0 Å². The monoisotopic (exact) mass is 427 g/mol. The molecule has 7 heteroatoms. The number of amides is 2. The Labute approximate surface area is 179 Å². The Kier molecular flexibility index (Phi) is 7.29. The number of hydrogen-bond donors (Lipinski definition) is 1. The largest absolute Gasteiger partial charge is 0.322 e. The van der Waals surface area contributed by atoms with Crippen molar-refractivity contribution < 1.29 is 13.2 Å². The van der Waals surface area contributed by atoms with Crippen molar-refractivity contribution in [3.05, 3.63) is 72.8 Å². The first-order chi connectivity index (χ1) is 14.4. The Morgan fingerprint density at radius 3 is 2.53 bits per heavy atom. The molecule has 1 heterocycles. The van der Waals surface area contributed by atoms with Crippen molar-refractivity contribution >= 4 is 21.7 Å². The predicted molar refractivity (Wildman–Crippen MR) is 120 cm³/mol. The number of rotatable bonds is 7. The molecule has 1 saturated heterocycles. The van der Waals surface area contributed by atoms with Crippen LogP contribution in [0.15, 0.2) is 72.1 Å². The SMILES string of the molecule is C=CCN(C)S(=O)(=O)c1ccc(NC(=O)N2CCCCC2Cc2ccccc2)cc1. The number of piperidine rings is 1. The first kappa shape index (κ1) is 22.1. The van der Waals surface area contributed by atoms with Gasteiger partial charge in [0.05, 0.1) is 4.90 Å². The number of hydrogen-bond acceptors (Lipinski definition) is 3. The maximum absolute atomic E-state index is 12.9. The van der Waals surface area contributed by atoms with E-state index in [0.29, 0.717) is 5.69 Å². The van der Waals surface area contributed by atoms with Crippen molar-refractivity contribution in [2.24, 2.45) is 0 Å². The summed E-state index contributed by atoms with van der Waals surface area (Å²) >= 11 is 0. The van der Waals surface area contributed by atoms with Crippen LogP contribution in [0, 0.1) is 0 Å². The number of carbonyl (C=O) groups excluding carboxylic acids is 1. The number of sulfonamides is 1. The Morgan fingerprint density at radius 2 is 1.87 bits per heavy atom. The maximum atomic E-state index is 12.9. The molecule has 2 amide bonds. The lowest BCUT2D eigenvalue weighted by Gasteiger charge is -2.36. The smallest absolute Gasteiger partial charge is 0.321 e. The minimum atomic E-state index is -3.57. The van der Waals surface area contributed by atoms with E-state index >= 15 is 0 Å². The molecule has 3 rings (SSSR count). The molecule has 1 N–H and O–H groups in total. The number of benzene rings is 2. The third kappa shape index (κ3) is 5.29. The Hall–Kier alpha value is -2.64. The molecule has 160 valence electrons. The summed E-state index contributed by atoms with van der Waals surface area (Å²) in [5.74, 6) is 0. The minimum absolute atomic E-state index is 0.144. The van der Waals surface area contributed by atoms with Crippen LogP contribution >= 0.6 is 0 Å². The van der Waals surface area contributed by atoms with Crippen LogP contribution in [0.2, 0.25) is 0 Å². The molecular formula is C23H29N3O3S. The zero-order valence-electron chi connectivity index (χ0n) is 17.3. The van der Waals surface area contributed by atoms with Gasteiger partial charge in [-0.1, -0.05) is 36.4 Å². The van der Waals surface area contributed by atoms with Crippen LogP contribution in [0.5, 0.6) is 0 Å². The first-order valence-corrected chi connectivity index (χ1v) is 11.6. The molecule has 0 aliphatic carbocycles. The molecule has 0 saturated carbocycles. The second-order valence-electron chi connectivity index (χ2n) is 7.56. The standard InChI is InChI=1S/C23H29N3O3S/c1-3-16-25(2)30(28,29)22-14-12-20(13-15-22)24-23(27)26-17-8-7-11-21(26)18-19-9-5-4-6-10-19/h3-6,9-10,12-15,21H,1,7-8,11,16-18H2,2H3,(H,24,27). The van der Waals surface area contributed by atoms with E-state index in [1.165, 1.54) is 35.1 Å². The number of urea groups is 1. The van der Waals surface area contributed by atoms with E-state index in [0.717, 1.165) is 32.2 Å². The molecule has 1 atom stereocenters. The van der Waals surface area contributed by atoms with Gasteiger partial charge in [0, 0.05) is 31.9 Å². The highest BCUT2D eigenvalue weighted by atomic mass is 32.2. The van der Waals surface area contributed by atoms with E-state index in [-0.39, 0.29) is 23.5 Å². The molecule has 1 aliphatic rings. The lowest BCUT2D eigenvalue weighted by Crippen LogP contribution is -2.46. The van der Waals surface area contributed by atoms with E-state index in [1.54, 1.807) is 12.1 Å². The molecule has 1 aliphatic heterocycles. The molecule has 1 fully saturated rings. The van der Waals surface area contributed by atoms with Crippen molar-refractivity contribution in [3.8, 4) is 0 Å². The molecular weight excluding hydrogens is 398 g/mol. The van der Waals surface area contributed by atoms with Crippen LogP contribution in [0.4, 0.5) is 10.5 Å². The van der Waals surface area contributed by atoms with Crippen molar-refractivity contribution in [2.75, 3.05) is 25.5 Å². The molecule has 30 heavy (non-hydrogen) atoms. The number of likely N-dealkylation sites (N-methyl/N-ethyl adjacent to an activating group) is 1. The van der Waals surface area contributed by atoms with Crippen molar-refractivity contribution in [2.45, 2.75) is 36.6 Å². The van der Waals surface area contributed by atoms with Gasteiger partial charge < -0.3 is 10.2 Å². The molecule has 0 radical (unpaired) electrons. The van der Waals surface area contributed by atoms with E-state index in [4.69, 9.17) is 0 Å². The van der Waals surface area contributed by atoms with Gasteiger partial charge in [-0.25, -0.2) is 13.2 Å². The summed E-state index contributed by atoms with van der Waals surface area (Å²) in [5, 5.41) is 2.92. The number of carbonyl (C=O) groups is 1. The van der Waals surface area contributed by atoms with Crippen LogP contribution < -0.4 is 5.32 Å². The van der Waals surface area contributed by atoms with Crippen molar-refractivity contribution in [1.29, 1.82) is 0 Å². The van der Waals surface area contributed by atoms with Gasteiger partial charge in [-0.3, -0.25) is 0 Å². The molecule has 0 bridgehead atoms. The zero-order chi connectivity index (χ0) is 21.6. The third-order valence-corrected chi connectivity index (χ3v) is 7.24. The van der Waals surface area contributed by atoms with Crippen LogP contribution in [0.3, 0.4) is 0 Å². The van der Waals surface area contributed by atoms with Gasteiger partial charge >= 0.3 is 6.03 Å². The van der Waals surface area contributed by atoms with Crippen molar-refractivity contribution in [1.82, 2.24) is 9.21 Å². The van der Waals surface area contributed by atoms with Gasteiger partial charge in [-0.05, 0) is 55.5 Å². The number of nitrogens with one attached hydrogen (secondary N) is 1. The average Bonchev–Trinajstić information content (AvgIpc) is 2.75. The van der Waals surface area contributed by atoms with Gasteiger partial charge in [-0.15, -0.1) is 6.58 Å². The first-order valence-electron chi connectivity index (χ1n) is 10.2. The van der Waals surface area contributed by atoms with E-state index < -0.39 is 10.0 Å². The van der Waals surface area contributed by atoms with Crippen molar-refractivity contribution in [3.63, 3.8) is 0 Å². The molecule has 2 aromatic rings. The summed E-state index contributed by atoms with van der Waals surface area (Å²) < 4.78 is 26.2. The fourth-order valence-electron chi connectivity index (χ4n) is 3.73. The topological polar surface area (TPSA) is 69.7 Å². The molecule has 6 nitrogen and oxygen atoms in total. The van der Waals surface area contributed by atoms with Crippen LogP contribution in [-0.4, -0.2) is 49.8 Å². The quantitative estimate of drug-likeness (QED) is 0.676. The van der Waals surface area contributed by atoms with E-state index in [2.05, 4.69) is 24.0 Å².